The van der Waals surface area contributed by atoms with E-state index in [9.17, 15) is 4.79 Å². The van der Waals surface area contributed by atoms with Crippen LogP contribution >= 0.6 is 0 Å². The van der Waals surface area contributed by atoms with E-state index in [2.05, 4.69) is 6.92 Å². The van der Waals surface area contributed by atoms with Gasteiger partial charge in [0.15, 0.2) is 0 Å². The van der Waals surface area contributed by atoms with E-state index in [1.54, 1.807) is 0 Å². The Bertz CT molecular complexity index is 194. The fourth-order valence-electron chi connectivity index (χ4n) is 1.43. The highest BCUT2D eigenvalue weighted by Crippen LogP contribution is 2.22. The maximum absolute atomic E-state index is 11.5. The summed E-state index contributed by atoms with van der Waals surface area (Å²) in [5, 5.41) is 0. The summed E-state index contributed by atoms with van der Waals surface area (Å²) in [6.45, 7) is 12.6. The molecule has 0 bridgehead atoms. The predicted octanol–water partition coefficient (Wildman–Crippen LogP) is 3.43. The Morgan fingerprint density at radius 1 is 1.40 bits per heavy atom. The molecule has 0 spiro atoms. The maximum atomic E-state index is 11.5. The molecule has 1 aliphatic heterocycles. The monoisotopic (exact) mass is 215 g/mol. The maximum Gasteiger partial charge on any atom is 0.410 e. The molecule has 15 heavy (non-hydrogen) atoms. The molecule has 0 radical (unpaired) electrons. The van der Waals surface area contributed by atoms with Crippen molar-refractivity contribution < 1.29 is 9.53 Å². The minimum atomic E-state index is -0.370. The summed E-state index contributed by atoms with van der Waals surface area (Å²) in [7, 11) is 0. The molecule has 1 unspecified atom stereocenters. The van der Waals surface area contributed by atoms with Gasteiger partial charge in [0.05, 0.1) is 0 Å². The number of ether oxygens (including phenoxy) is 1. The Kier molecular flexibility index (Phi) is 5.69. The van der Waals surface area contributed by atoms with Crippen molar-refractivity contribution in [2.45, 2.75) is 66.0 Å². The van der Waals surface area contributed by atoms with Gasteiger partial charge >= 0.3 is 6.09 Å². The number of carbonyl (C=O) groups excluding carboxylic acids is 1. The third-order valence-electron chi connectivity index (χ3n) is 2.24. The van der Waals surface area contributed by atoms with Crippen molar-refractivity contribution in [3.63, 3.8) is 0 Å². The molecule has 90 valence electrons. The zero-order chi connectivity index (χ0) is 12.1. The second-order valence-corrected chi connectivity index (χ2v) is 4.52. The minimum Gasteiger partial charge on any atom is -0.444 e. The average Bonchev–Trinajstić information content (AvgIpc) is 2.03. The van der Waals surface area contributed by atoms with E-state index in [0.717, 1.165) is 19.4 Å². The Balaban J connectivity index is 0.000000921. The first kappa shape index (κ1) is 14.3. The van der Waals surface area contributed by atoms with Crippen LogP contribution < -0.4 is 0 Å². The zero-order valence-corrected chi connectivity index (χ0v) is 11.0. The van der Waals surface area contributed by atoms with E-state index >= 15 is 0 Å². The van der Waals surface area contributed by atoms with Crippen molar-refractivity contribution in [1.29, 1.82) is 0 Å². The third-order valence-corrected chi connectivity index (χ3v) is 2.24. The fourth-order valence-corrected chi connectivity index (χ4v) is 1.43. The molecule has 0 aromatic rings. The summed E-state index contributed by atoms with van der Waals surface area (Å²) >= 11 is 0. The molecule has 0 saturated carbocycles. The van der Waals surface area contributed by atoms with Crippen molar-refractivity contribution in [1.82, 2.24) is 4.90 Å². The van der Waals surface area contributed by atoms with Crippen molar-refractivity contribution >= 4 is 6.09 Å². The molecule has 1 fully saturated rings. The summed E-state index contributed by atoms with van der Waals surface area (Å²) in [6.07, 6.45) is 1.99. The first-order chi connectivity index (χ1) is 6.94. The Morgan fingerprint density at radius 3 is 2.20 bits per heavy atom. The van der Waals surface area contributed by atoms with Gasteiger partial charge in [-0.15, -0.1) is 0 Å². The van der Waals surface area contributed by atoms with Crippen molar-refractivity contribution in [3.8, 4) is 0 Å². The van der Waals surface area contributed by atoms with Gasteiger partial charge in [-0.3, -0.25) is 0 Å². The van der Waals surface area contributed by atoms with Crippen LogP contribution in [0.15, 0.2) is 0 Å². The van der Waals surface area contributed by atoms with Crippen LogP contribution in [0.4, 0.5) is 4.79 Å². The number of amides is 1. The largest absolute Gasteiger partial charge is 0.444 e. The highest BCUT2D eigenvalue weighted by molar-refractivity contribution is 5.69. The normalized spacial score (nSPS) is 19.9. The molecule has 1 rings (SSSR count). The smallest absolute Gasteiger partial charge is 0.410 e. The highest BCUT2D eigenvalue weighted by Gasteiger charge is 2.33. The van der Waals surface area contributed by atoms with Crippen LogP contribution in [0.25, 0.3) is 0 Å². The van der Waals surface area contributed by atoms with Crippen LogP contribution in [-0.4, -0.2) is 29.2 Å². The minimum absolute atomic E-state index is 0.161. The zero-order valence-electron chi connectivity index (χ0n) is 11.0. The summed E-state index contributed by atoms with van der Waals surface area (Å²) in [5.41, 5.74) is -0.370. The molecule has 1 saturated heterocycles. The molecule has 0 aromatic heterocycles. The van der Waals surface area contributed by atoms with E-state index in [4.69, 9.17) is 4.74 Å². The molecule has 0 aliphatic carbocycles. The molecule has 3 heteroatoms. The summed E-state index contributed by atoms with van der Waals surface area (Å²) < 4.78 is 5.26. The number of carbonyl (C=O) groups is 1. The van der Waals surface area contributed by atoms with Crippen LogP contribution in [0.1, 0.15) is 54.4 Å². The average molecular weight is 215 g/mol. The van der Waals surface area contributed by atoms with Crippen LogP contribution in [-0.2, 0) is 4.74 Å². The Hall–Kier alpha value is -0.730. The summed E-state index contributed by atoms with van der Waals surface area (Å²) in [4.78, 5) is 13.3. The van der Waals surface area contributed by atoms with Crippen LogP contribution in [0.3, 0.4) is 0 Å². The quantitative estimate of drug-likeness (QED) is 0.670. The van der Waals surface area contributed by atoms with Crippen molar-refractivity contribution in [2.24, 2.45) is 0 Å². The van der Waals surface area contributed by atoms with Gasteiger partial charge in [-0.2, -0.15) is 0 Å². The lowest BCUT2D eigenvalue weighted by Crippen LogP contribution is -2.52. The van der Waals surface area contributed by atoms with Gasteiger partial charge in [0.2, 0.25) is 0 Å². The van der Waals surface area contributed by atoms with Gasteiger partial charge in [-0.25, -0.2) is 4.79 Å². The molecule has 1 aliphatic rings. The summed E-state index contributed by atoms with van der Waals surface area (Å²) in [6, 6.07) is 0.412. The van der Waals surface area contributed by atoms with Gasteiger partial charge in [-0.05, 0) is 33.6 Å². The molecule has 0 N–H and O–H groups in total. The molecule has 1 amide bonds. The highest BCUT2D eigenvalue weighted by atomic mass is 16.6. The number of rotatable bonds is 1. The van der Waals surface area contributed by atoms with Crippen LogP contribution in [0.5, 0.6) is 0 Å². The van der Waals surface area contributed by atoms with Gasteiger partial charge < -0.3 is 9.64 Å². The Labute approximate surface area is 93.8 Å². The third kappa shape index (κ3) is 4.54. The fraction of sp³-hybridized carbons (Fsp3) is 0.917. The van der Waals surface area contributed by atoms with Gasteiger partial charge in [0.25, 0.3) is 0 Å². The predicted molar refractivity (Wildman–Crippen MR) is 63.0 cm³/mol. The molecular weight excluding hydrogens is 190 g/mol. The number of hydrogen-bond donors (Lipinski definition) is 0. The number of hydrogen-bond acceptors (Lipinski definition) is 2. The standard InChI is InChI=1S/C10H19NO2.C2H6/c1-5-8-6-7-11(8)9(12)13-10(2,3)4;1-2/h8H,5-7H2,1-4H3;1-2H3. The molecular formula is C12H25NO2. The van der Waals surface area contributed by atoms with E-state index in [1.165, 1.54) is 0 Å². The van der Waals surface area contributed by atoms with Gasteiger partial charge in [-0.1, -0.05) is 20.8 Å². The lowest BCUT2D eigenvalue weighted by Gasteiger charge is -2.40. The van der Waals surface area contributed by atoms with E-state index < -0.39 is 0 Å². The van der Waals surface area contributed by atoms with E-state index in [0.29, 0.717) is 6.04 Å². The Morgan fingerprint density at radius 2 is 1.93 bits per heavy atom. The SMILES string of the molecule is CC.CCC1CCN1C(=O)OC(C)(C)C. The lowest BCUT2D eigenvalue weighted by molar-refractivity contribution is -0.00574. The molecule has 1 atom stereocenters. The van der Waals surface area contributed by atoms with Gasteiger partial charge in [0, 0.05) is 12.6 Å². The topological polar surface area (TPSA) is 29.5 Å². The second kappa shape index (κ2) is 5.99. The number of likely N-dealkylation sites (tertiary alicyclic amines) is 1. The van der Waals surface area contributed by atoms with Crippen LogP contribution in [0.2, 0.25) is 0 Å². The molecule has 1 heterocycles. The van der Waals surface area contributed by atoms with Crippen molar-refractivity contribution in [2.75, 3.05) is 6.54 Å². The second-order valence-electron chi connectivity index (χ2n) is 4.52. The first-order valence-corrected chi connectivity index (χ1v) is 5.93. The van der Waals surface area contributed by atoms with Crippen molar-refractivity contribution in [3.05, 3.63) is 0 Å². The lowest BCUT2D eigenvalue weighted by atomic mass is 10.0. The van der Waals surface area contributed by atoms with E-state index in [1.807, 2.05) is 39.5 Å². The first-order valence-electron chi connectivity index (χ1n) is 5.93. The number of nitrogens with zero attached hydrogens (tertiary/aromatic N) is 1. The molecule has 3 nitrogen and oxygen atoms in total. The molecule has 0 aromatic carbocycles. The summed E-state index contributed by atoms with van der Waals surface area (Å²) in [5.74, 6) is 0. The van der Waals surface area contributed by atoms with E-state index in [-0.39, 0.29) is 11.7 Å². The van der Waals surface area contributed by atoms with Gasteiger partial charge in [0.1, 0.15) is 5.60 Å². The van der Waals surface area contributed by atoms with Crippen LogP contribution in [0, 0.1) is 0 Å².